The molecule has 2 aliphatic rings. The molecule has 5 rings (SSSR count). The van der Waals surface area contributed by atoms with Gasteiger partial charge in [0.1, 0.15) is 0 Å². The number of hydrogen-bond acceptors (Lipinski definition) is 3. The zero-order valence-corrected chi connectivity index (χ0v) is 17.6. The van der Waals surface area contributed by atoms with Crippen LogP contribution in [0.25, 0.3) is 0 Å². The van der Waals surface area contributed by atoms with Gasteiger partial charge in [0.05, 0.1) is 9.79 Å². The summed E-state index contributed by atoms with van der Waals surface area (Å²) in [5, 5.41) is 0. The third-order valence-electron chi connectivity index (χ3n) is 6.51. The first-order valence-electron chi connectivity index (χ1n) is 10.2. The highest BCUT2D eigenvalue weighted by Gasteiger charge is 2.35. The minimum atomic E-state index is -3.48. The van der Waals surface area contributed by atoms with Gasteiger partial charge in [0.25, 0.3) is 0 Å². The Hall–Kier alpha value is -2.59. The van der Waals surface area contributed by atoms with Crippen LogP contribution in [0, 0.1) is 0 Å². The molecule has 2 bridgehead atoms. The summed E-state index contributed by atoms with van der Waals surface area (Å²) in [5.74, 6) is 0.917. The molecule has 2 aliphatic carbocycles. The highest BCUT2D eigenvalue weighted by atomic mass is 32.2. The molecule has 4 heteroatoms. The van der Waals surface area contributed by atoms with Gasteiger partial charge in [-0.1, -0.05) is 30.3 Å². The van der Waals surface area contributed by atoms with Gasteiger partial charge in [-0.3, -0.25) is 0 Å². The van der Waals surface area contributed by atoms with E-state index in [4.69, 9.17) is 0 Å². The molecule has 2 unspecified atom stereocenters. The fourth-order valence-corrected chi connectivity index (χ4v) is 6.30. The number of hydrogen-bond donors (Lipinski definition) is 0. The van der Waals surface area contributed by atoms with E-state index in [1.807, 2.05) is 18.2 Å². The Balaban J connectivity index is 1.54. The molecule has 0 heterocycles. The second kappa shape index (κ2) is 6.74. The number of nitrogens with zero attached hydrogens (tertiary/aromatic N) is 1. The van der Waals surface area contributed by atoms with Crippen molar-refractivity contribution in [1.82, 2.24) is 0 Å². The van der Waals surface area contributed by atoms with Gasteiger partial charge in [-0.25, -0.2) is 8.42 Å². The molecule has 0 saturated carbocycles. The molecule has 3 aromatic rings. The van der Waals surface area contributed by atoms with Gasteiger partial charge in [0.2, 0.25) is 9.84 Å². The van der Waals surface area contributed by atoms with E-state index >= 15 is 0 Å². The SMILES string of the molecule is CN(C)c1ccc2c(c1)C1Cc3ccc(S(=O)(=O)c4ccccc4)cc3C(C2)C1. The molecular formula is C25H25NO2S. The van der Waals surface area contributed by atoms with Crippen LogP contribution in [-0.2, 0) is 22.7 Å². The second-order valence-electron chi connectivity index (χ2n) is 8.49. The van der Waals surface area contributed by atoms with Crippen LogP contribution in [0.5, 0.6) is 0 Å². The number of anilines is 1. The first-order chi connectivity index (χ1) is 13.9. The summed E-state index contributed by atoms with van der Waals surface area (Å²) in [4.78, 5) is 2.93. The monoisotopic (exact) mass is 403 g/mol. The summed E-state index contributed by atoms with van der Waals surface area (Å²) in [7, 11) is 0.682. The predicted octanol–water partition coefficient (Wildman–Crippen LogP) is 4.96. The van der Waals surface area contributed by atoms with Crippen LogP contribution in [0.4, 0.5) is 5.69 Å². The first kappa shape index (κ1) is 18.4. The Bertz CT molecular complexity index is 1180. The van der Waals surface area contributed by atoms with Gasteiger partial charge in [0.15, 0.2) is 0 Å². The molecule has 148 valence electrons. The van der Waals surface area contributed by atoms with Gasteiger partial charge in [-0.15, -0.1) is 0 Å². The third-order valence-corrected chi connectivity index (χ3v) is 8.28. The van der Waals surface area contributed by atoms with E-state index in [1.54, 1.807) is 30.3 Å². The number of fused-ring (bicyclic) bond motifs is 6. The lowest BCUT2D eigenvalue weighted by Crippen LogP contribution is -2.25. The number of benzene rings is 3. The molecule has 0 amide bonds. The molecule has 2 atom stereocenters. The molecule has 29 heavy (non-hydrogen) atoms. The zero-order chi connectivity index (χ0) is 20.2. The van der Waals surface area contributed by atoms with Gasteiger partial charge in [-0.05, 0) is 89.8 Å². The summed E-state index contributed by atoms with van der Waals surface area (Å²) in [6, 6.07) is 21.3. The first-order valence-corrected chi connectivity index (χ1v) is 11.6. The van der Waals surface area contributed by atoms with E-state index in [-0.39, 0.29) is 0 Å². The molecule has 3 nitrogen and oxygen atoms in total. The normalized spacial score (nSPS) is 19.9. The van der Waals surface area contributed by atoms with Crippen LogP contribution in [0.2, 0.25) is 0 Å². The van der Waals surface area contributed by atoms with Crippen molar-refractivity contribution in [2.45, 2.75) is 40.9 Å². The largest absolute Gasteiger partial charge is 0.378 e. The minimum absolute atomic E-state index is 0.360. The van der Waals surface area contributed by atoms with Crippen LogP contribution in [0.3, 0.4) is 0 Å². The Labute approximate surface area is 172 Å². The Morgan fingerprint density at radius 1 is 0.759 bits per heavy atom. The Kier molecular flexibility index (Phi) is 4.28. The average Bonchev–Trinajstić information content (AvgIpc) is 2.74. The quantitative estimate of drug-likeness (QED) is 0.621. The zero-order valence-electron chi connectivity index (χ0n) is 16.8. The average molecular weight is 404 g/mol. The van der Waals surface area contributed by atoms with E-state index in [0.29, 0.717) is 21.6 Å². The second-order valence-corrected chi connectivity index (χ2v) is 10.4. The summed E-state index contributed by atoms with van der Waals surface area (Å²) < 4.78 is 26.2. The maximum atomic E-state index is 13.1. The van der Waals surface area contributed by atoms with Crippen LogP contribution < -0.4 is 4.90 Å². The molecule has 0 N–H and O–H groups in total. The van der Waals surface area contributed by atoms with Crippen LogP contribution in [-0.4, -0.2) is 22.5 Å². The highest BCUT2D eigenvalue weighted by Crippen LogP contribution is 2.48. The summed E-state index contributed by atoms with van der Waals surface area (Å²) >= 11 is 0. The van der Waals surface area contributed by atoms with Crippen molar-refractivity contribution in [3.05, 3.63) is 89.0 Å². The number of rotatable bonds is 3. The molecule has 0 aromatic heterocycles. The van der Waals surface area contributed by atoms with E-state index < -0.39 is 9.84 Å². The van der Waals surface area contributed by atoms with Crippen LogP contribution in [0.15, 0.2) is 76.5 Å². The van der Waals surface area contributed by atoms with Gasteiger partial charge in [0, 0.05) is 19.8 Å². The third kappa shape index (κ3) is 3.06. The highest BCUT2D eigenvalue weighted by molar-refractivity contribution is 7.91. The topological polar surface area (TPSA) is 37.4 Å². The van der Waals surface area contributed by atoms with E-state index in [1.165, 1.54) is 27.9 Å². The maximum absolute atomic E-state index is 13.1. The van der Waals surface area contributed by atoms with Crippen molar-refractivity contribution < 1.29 is 8.42 Å². The summed E-state index contributed by atoms with van der Waals surface area (Å²) in [6.07, 6.45) is 3.08. The van der Waals surface area contributed by atoms with Crippen molar-refractivity contribution in [2.24, 2.45) is 0 Å². The smallest absolute Gasteiger partial charge is 0.206 e. The van der Waals surface area contributed by atoms with Crippen LogP contribution in [0.1, 0.15) is 40.5 Å². The summed E-state index contributed by atoms with van der Waals surface area (Å²) in [6.45, 7) is 0. The lowest BCUT2D eigenvalue weighted by molar-refractivity contribution is 0.457. The van der Waals surface area contributed by atoms with E-state index in [9.17, 15) is 8.42 Å². The molecule has 0 radical (unpaired) electrons. The molecular weight excluding hydrogens is 378 g/mol. The number of sulfone groups is 1. The summed E-state index contributed by atoms with van der Waals surface area (Å²) in [5.41, 5.74) is 6.66. The van der Waals surface area contributed by atoms with E-state index in [2.05, 4.69) is 37.2 Å². The van der Waals surface area contributed by atoms with Crippen molar-refractivity contribution >= 4 is 15.5 Å². The van der Waals surface area contributed by atoms with Crippen molar-refractivity contribution in [2.75, 3.05) is 19.0 Å². The standard InChI is InChI=1S/C25H25NO2S/c1-26(2)21-10-8-17-12-20-14-19(24(17)15-21)13-18-9-11-23(16-25(18)20)29(27,28)22-6-4-3-5-7-22/h3-11,15-16,19-20H,12-14H2,1-2H3. The molecule has 0 fully saturated rings. The minimum Gasteiger partial charge on any atom is -0.378 e. The molecule has 0 saturated heterocycles. The van der Waals surface area contributed by atoms with Gasteiger partial charge < -0.3 is 4.90 Å². The van der Waals surface area contributed by atoms with Gasteiger partial charge in [-0.2, -0.15) is 0 Å². The maximum Gasteiger partial charge on any atom is 0.206 e. The molecule has 0 spiro atoms. The van der Waals surface area contributed by atoms with Crippen molar-refractivity contribution in [3.63, 3.8) is 0 Å². The molecule has 0 aliphatic heterocycles. The molecule has 3 aromatic carbocycles. The Morgan fingerprint density at radius 3 is 2.03 bits per heavy atom. The predicted molar refractivity (Wildman–Crippen MR) is 117 cm³/mol. The van der Waals surface area contributed by atoms with Crippen LogP contribution >= 0.6 is 0 Å². The fourth-order valence-electron chi connectivity index (χ4n) is 4.98. The van der Waals surface area contributed by atoms with Crippen molar-refractivity contribution in [1.29, 1.82) is 0 Å². The van der Waals surface area contributed by atoms with E-state index in [0.717, 1.165) is 19.3 Å². The lowest BCUT2D eigenvalue weighted by atomic mass is 9.67. The fraction of sp³-hybridized carbons (Fsp3) is 0.280. The Morgan fingerprint density at radius 2 is 1.38 bits per heavy atom. The van der Waals surface area contributed by atoms with Crippen molar-refractivity contribution in [3.8, 4) is 0 Å². The van der Waals surface area contributed by atoms with Gasteiger partial charge >= 0.3 is 0 Å². The lowest BCUT2D eigenvalue weighted by Gasteiger charge is -2.38.